The van der Waals surface area contributed by atoms with Crippen LogP contribution in [0.15, 0.2) is 42.5 Å². The zero-order chi connectivity index (χ0) is 16.9. The summed E-state index contributed by atoms with van der Waals surface area (Å²) in [7, 11) is 0. The van der Waals surface area contributed by atoms with Crippen LogP contribution in [0, 0.1) is 17.1 Å². The molecule has 2 aromatic rings. The molecule has 1 heterocycles. The molecule has 1 aliphatic heterocycles. The molecule has 0 unspecified atom stereocenters. The fourth-order valence-corrected chi connectivity index (χ4v) is 3.33. The molecule has 0 bridgehead atoms. The zero-order valence-electron chi connectivity index (χ0n) is 13.8. The van der Waals surface area contributed by atoms with Gasteiger partial charge in [0.15, 0.2) is 0 Å². The van der Waals surface area contributed by atoms with Crippen LogP contribution < -0.4 is 4.74 Å². The van der Waals surface area contributed by atoms with Gasteiger partial charge in [-0.05, 0) is 62.2 Å². The number of hydrogen-bond acceptors (Lipinski definition) is 3. The molecule has 0 radical (unpaired) electrons. The smallest absolute Gasteiger partial charge is 0.127 e. The Morgan fingerprint density at radius 2 is 2.04 bits per heavy atom. The molecule has 1 atom stereocenters. The summed E-state index contributed by atoms with van der Waals surface area (Å²) in [4.78, 5) is 2.29. The van der Waals surface area contributed by atoms with Gasteiger partial charge in [-0.3, -0.25) is 4.90 Å². The predicted octanol–water partition coefficient (Wildman–Crippen LogP) is 4.43. The quantitative estimate of drug-likeness (QED) is 0.816. The van der Waals surface area contributed by atoms with Crippen LogP contribution in [0.25, 0.3) is 0 Å². The zero-order valence-corrected chi connectivity index (χ0v) is 13.8. The van der Waals surface area contributed by atoms with Gasteiger partial charge in [0.2, 0.25) is 0 Å². The molecule has 0 spiro atoms. The lowest BCUT2D eigenvalue weighted by molar-refractivity contribution is 0.245. The Kier molecular flexibility index (Phi) is 5.12. The number of hydrogen-bond donors (Lipinski definition) is 0. The van der Waals surface area contributed by atoms with Crippen LogP contribution in [0.3, 0.4) is 0 Å². The van der Waals surface area contributed by atoms with Gasteiger partial charge in [0.1, 0.15) is 11.6 Å². The third-order valence-corrected chi connectivity index (χ3v) is 4.49. The Morgan fingerprint density at radius 3 is 2.75 bits per heavy atom. The molecular formula is C20H21FN2O. The Balaban J connectivity index is 1.77. The molecule has 4 heteroatoms. The summed E-state index contributed by atoms with van der Waals surface area (Å²) >= 11 is 0. The summed E-state index contributed by atoms with van der Waals surface area (Å²) in [5.41, 5.74) is 2.32. The van der Waals surface area contributed by atoms with Crippen molar-refractivity contribution in [1.82, 2.24) is 4.90 Å². The van der Waals surface area contributed by atoms with Crippen LogP contribution in [-0.4, -0.2) is 18.1 Å². The van der Waals surface area contributed by atoms with E-state index in [4.69, 9.17) is 10.00 Å². The molecule has 1 fully saturated rings. The predicted molar refractivity (Wildman–Crippen MR) is 91.1 cm³/mol. The number of nitrogens with zero attached hydrogens (tertiary/aromatic N) is 2. The van der Waals surface area contributed by atoms with E-state index in [1.54, 1.807) is 6.07 Å². The van der Waals surface area contributed by atoms with Crippen molar-refractivity contribution in [2.45, 2.75) is 32.4 Å². The van der Waals surface area contributed by atoms with Gasteiger partial charge >= 0.3 is 0 Å². The van der Waals surface area contributed by atoms with Crippen molar-refractivity contribution in [2.75, 3.05) is 13.2 Å². The van der Waals surface area contributed by atoms with Crippen molar-refractivity contribution in [2.24, 2.45) is 0 Å². The van der Waals surface area contributed by atoms with E-state index < -0.39 is 0 Å². The van der Waals surface area contributed by atoms with Gasteiger partial charge in [0.25, 0.3) is 0 Å². The summed E-state index contributed by atoms with van der Waals surface area (Å²) in [6.07, 6.45) is 2.16. The second-order valence-electron chi connectivity index (χ2n) is 6.05. The molecule has 0 saturated carbocycles. The largest absolute Gasteiger partial charge is 0.494 e. The van der Waals surface area contributed by atoms with Gasteiger partial charge in [-0.2, -0.15) is 5.26 Å². The van der Waals surface area contributed by atoms with E-state index in [1.807, 2.05) is 19.1 Å². The van der Waals surface area contributed by atoms with E-state index in [0.29, 0.717) is 24.3 Å². The van der Waals surface area contributed by atoms with Crippen LogP contribution in [0.4, 0.5) is 4.39 Å². The fraction of sp³-hybridized carbons (Fsp3) is 0.350. The highest BCUT2D eigenvalue weighted by Gasteiger charge is 2.26. The third-order valence-electron chi connectivity index (χ3n) is 4.49. The van der Waals surface area contributed by atoms with E-state index in [1.165, 1.54) is 17.7 Å². The standard InChI is InChI=1S/C20H21FN2O/c1-2-24-18-8-6-16(7-9-18)20-4-3-11-23(20)14-17-12-15(13-22)5-10-19(17)21/h5-10,12,20H,2-4,11,14H2,1H3/t20-/m1/s1. The van der Waals surface area contributed by atoms with E-state index in [0.717, 1.165) is 25.1 Å². The minimum atomic E-state index is -0.244. The summed E-state index contributed by atoms with van der Waals surface area (Å²) < 4.78 is 19.6. The first-order valence-corrected chi connectivity index (χ1v) is 8.36. The highest BCUT2D eigenvalue weighted by Crippen LogP contribution is 2.34. The number of benzene rings is 2. The normalized spacial score (nSPS) is 17.6. The molecule has 1 aliphatic rings. The van der Waals surface area contributed by atoms with Crippen molar-refractivity contribution in [3.63, 3.8) is 0 Å². The van der Waals surface area contributed by atoms with Crippen molar-refractivity contribution in [1.29, 1.82) is 5.26 Å². The highest BCUT2D eigenvalue weighted by atomic mass is 19.1. The highest BCUT2D eigenvalue weighted by molar-refractivity contribution is 5.34. The molecule has 2 aromatic carbocycles. The number of halogens is 1. The molecular weight excluding hydrogens is 303 g/mol. The summed E-state index contributed by atoms with van der Waals surface area (Å²) in [5.74, 6) is 0.630. The lowest BCUT2D eigenvalue weighted by Gasteiger charge is -2.25. The van der Waals surface area contributed by atoms with Gasteiger partial charge in [-0.25, -0.2) is 4.39 Å². The fourth-order valence-electron chi connectivity index (χ4n) is 3.33. The summed E-state index contributed by atoms with van der Waals surface area (Å²) in [6, 6.07) is 15.1. The molecule has 0 aromatic heterocycles. The maximum absolute atomic E-state index is 14.1. The van der Waals surface area contributed by atoms with Gasteiger partial charge in [0.05, 0.1) is 18.2 Å². The van der Waals surface area contributed by atoms with Gasteiger partial charge in [-0.15, -0.1) is 0 Å². The molecule has 3 rings (SSSR count). The van der Waals surface area contributed by atoms with Gasteiger partial charge in [-0.1, -0.05) is 12.1 Å². The third kappa shape index (κ3) is 3.58. The van der Waals surface area contributed by atoms with Crippen LogP contribution in [0.5, 0.6) is 5.75 Å². The minimum absolute atomic E-state index is 0.244. The second-order valence-corrected chi connectivity index (χ2v) is 6.05. The van der Waals surface area contributed by atoms with E-state index >= 15 is 0 Å². The Hall–Kier alpha value is -2.38. The summed E-state index contributed by atoms with van der Waals surface area (Å²) in [6.45, 7) is 4.09. The molecule has 3 nitrogen and oxygen atoms in total. The van der Waals surface area contributed by atoms with Crippen LogP contribution in [0.1, 0.15) is 42.5 Å². The monoisotopic (exact) mass is 324 g/mol. The van der Waals surface area contributed by atoms with E-state index in [-0.39, 0.29) is 11.9 Å². The number of ether oxygens (including phenoxy) is 1. The average molecular weight is 324 g/mol. The first-order valence-electron chi connectivity index (χ1n) is 8.36. The number of nitriles is 1. The van der Waals surface area contributed by atoms with Crippen molar-refractivity contribution in [3.05, 3.63) is 65.0 Å². The lowest BCUT2D eigenvalue weighted by atomic mass is 10.0. The number of likely N-dealkylation sites (tertiary alicyclic amines) is 1. The number of rotatable bonds is 5. The van der Waals surface area contributed by atoms with Crippen molar-refractivity contribution >= 4 is 0 Å². The summed E-state index contributed by atoms with van der Waals surface area (Å²) in [5, 5.41) is 9.02. The average Bonchev–Trinajstić information content (AvgIpc) is 3.06. The molecule has 0 aliphatic carbocycles. The van der Waals surface area contributed by atoms with Crippen molar-refractivity contribution in [3.8, 4) is 11.8 Å². The Labute approximate surface area is 142 Å². The first-order chi connectivity index (χ1) is 11.7. The van der Waals surface area contributed by atoms with E-state index in [9.17, 15) is 4.39 Å². The molecule has 124 valence electrons. The SMILES string of the molecule is CCOc1ccc([C@H]2CCCN2Cc2cc(C#N)ccc2F)cc1. The molecule has 0 N–H and O–H groups in total. The van der Waals surface area contributed by atoms with Gasteiger partial charge < -0.3 is 4.74 Å². The van der Waals surface area contributed by atoms with Crippen LogP contribution >= 0.6 is 0 Å². The topological polar surface area (TPSA) is 36.3 Å². The molecule has 1 saturated heterocycles. The first kappa shape index (κ1) is 16.5. The Morgan fingerprint density at radius 1 is 1.25 bits per heavy atom. The minimum Gasteiger partial charge on any atom is -0.494 e. The van der Waals surface area contributed by atoms with Crippen LogP contribution in [-0.2, 0) is 6.54 Å². The van der Waals surface area contributed by atoms with Crippen molar-refractivity contribution < 1.29 is 9.13 Å². The van der Waals surface area contributed by atoms with Gasteiger partial charge in [0, 0.05) is 18.2 Å². The molecule has 24 heavy (non-hydrogen) atoms. The van der Waals surface area contributed by atoms with Crippen LogP contribution in [0.2, 0.25) is 0 Å². The second kappa shape index (κ2) is 7.46. The lowest BCUT2D eigenvalue weighted by Crippen LogP contribution is -2.23. The maximum Gasteiger partial charge on any atom is 0.127 e. The maximum atomic E-state index is 14.1. The Bertz CT molecular complexity index is 736. The van der Waals surface area contributed by atoms with E-state index in [2.05, 4.69) is 23.1 Å². The molecule has 0 amide bonds.